The van der Waals surface area contributed by atoms with Gasteiger partial charge in [0.1, 0.15) is 6.54 Å². The molecule has 1 aliphatic rings. The van der Waals surface area contributed by atoms with Crippen LogP contribution in [-0.2, 0) is 0 Å². The van der Waals surface area contributed by atoms with Crippen molar-refractivity contribution < 1.29 is 13.2 Å². The number of aromatic nitrogens is 1. The third-order valence-corrected chi connectivity index (χ3v) is 5.49. The Morgan fingerprint density at radius 3 is 2.53 bits per heavy atom. The molecule has 0 saturated carbocycles. The Labute approximate surface area is 185 Å². The Kier molecular flexibility index (Phi) is 7.29. The highest BCUT2D eigenvalue weighted by Crippen LogP contribution is 2.29. The lowest BCUT2D eigenvalue weighted by atomic mass is 9.89. The van der Waals surface area contributed by atoms with Crippen LogP contribution in [-0.4, -0.2) is 42.7 Å². The van der Waals surface area contributed by atoms with Crippen LogP contribution in [0.2, 0.25) is 0 Å². The Bertz CT molecular complexity index is 1020. The molecule has 32 heavy (non-hydrogen) atoms. The molecule has 3 rings (SSSR count). The molecule has 0 spiro atoms. The number of halogens is 3. The molecule has 1 aliphatic heterocycles. The molecule has 1 aromatic heterocycles. The summed E-state index contributed by atoms with van der Waals surface area (Å²) in [6.07, 6.45) is 0.523. The van der Waals surface area contributed by atoms with Crippen molar-refractivity contribution in [3.8, 4) is 0 Å². The molecule has 6 nitrogen and oxygen atoms in total. The Morgan fingerprint density at radius 1 is 1.25 bits per heavy atom. The number of nitrogens with two attached hydrogens (primary N) is 1. The first-order valence-electron chi connectivity index (χ1n) is 10.4. The van der Waals surface area contributed by atoms with Gasteiger partial charge in [-0.1, -0.05) is 18.7 Å². The molecule has 0 atom stereocenters. The van der Waals surface area contributed by atoms with Gasteiger partial charge in [-0.25, -0.2) is 0 Å². The van der Waals surface area contributed by atoms with E-state index in [9.17, 15) is 18.0 Å². The number of rotatable bonds is 7. The van der Waals surface area contributed by atoms with Gasteiger partial charge >= 0.3 is 6.18 Å². The van der Waals surface area contributed by atoms with Crippen LogP contribution in [0.3, 0.4) is 0 Å². The van der Waals surface area contributed by atoms with Crippen LogP contribution < -0.4 is 21.9 Å². The zero-order valence-electron chi connectivity index (χ0n) is 17.9. The van der Waals surface area contributed by atoms with E-state index in [0.717, 1.165) is 31.6 Å². The number of hydrogen-bond acceptors (Lipinski definition) is 5. The fourth-order valence-corrected chi connectivity index (χ4v) is 3.76. The summed E-state index contributed by atoms with van der Waals surface area (Å²) < 4.78 is 37.2. The third kappa shape index (κ3) is 6.40. The molecule has 0 aliphatic carbocycles. The smallest absolute Gasteiger partial charge is 0.386 e. The van der Waals surface area contributed by atoms with E-state index in [1.165, 1.54) is 17.8 Å². The van der Waals surface area contributed by atoms with Crippen LogP contribution in [0, 0.1) is 0 Å². The van der Waals surface area contributed by atoms with Crippen molar-refractivity contribution in [1.29, 1.82) is 0 Å². The summed E-state index contributed by atoms with van der Waals surface area (Å²) in [5.41, 5.74) is 8.13. The lowest BCUT2D eigenvalue weighted by Crippen LogP contribution is -2.31. The van der Waals surface area contributed by atoms with E-state index in [4.69, 9.17) is 5.73 Å². The lowest BCUT2D eigenvalue weighted by molar-refractivity contribution is -0.123. The fourth-order valence-electron chi connectivity index (χ4n) is 3.76. The first-order valence-corrected chi connectivity index (χ1v) is 10.4. The molecule has 2 heterocycles. The molecule has 2 aromatic rings. The number of nitrogens with one attached hydrogen (secondary N) is 3. The second-order valence-electron chi connectivity index (χ2n) is 8.01. The second-order valence-corrected chi connectivity index (χ2v) is 8.01. The van der Waals surface area contributed by atoms with E-state index in [1.54, 1.807) is 6.07 Å². The van der Waals surface area contributed by atoms with Crippen molar-refractivity contribution in [3.05, 3.63) is 76.0 Å². The minimum absolute atomic E-state index is 0.198. The van der Waals surface area contributed by atoms with Gasteiger partial charge in [0.15, 0.2) is 0 Å². The molecule has 9 heteroatoms. The summed E-state index contributed by atoms with van der Waals surface area (Å²) in [6, 6.07) is 9.56. The first kappa shape index (κ1) is 23.5. The van der Waals surface area contributed by atoms with E-state index < -0.39 is 18.3 Å². The zero-order valence-corrected chi connectivity index (χ0v) is 17.9. The van der Waals surface area contributed by atoms with Crippen molar-refractivity contribution in [2.75, 3.05) is 32.0 Å². The molecule has 5 N–H and O–H groups in total. The Morgan fingerprint density at radius 2 is 1.91 bits per heavy atom. The van der Waals surface area contributed by atoms with Gasteiger partial charge in [0, 0.05) is 17.6 Å². The van der Waals surface area contributed by atoms with Gasteiger partial charge in [-0.15, -0.1) is 0 Å². The number of benzene rings is 1. The van der Waals surface area contributed by atoms with Crippen molar-refractivity contribution >= 4 is 17.5 Å². The van der Waals surface area contributed by atoms with Gasteiger partial charge < -0.3 is 26.3 Å². The molecule has 1 fully saturated rings. The van der Waals surface area contributed by atoms with Crippen LogP contribution >= 0.6 is 0 Å². The van der Waals surface area contributed by atoms with E-state index in [0.29, 0.717) is 17.2 Å². The standard InChI is InChI=1S/C23H28F3N5O/c1-15(30-19-5-3-16(4-6-19)17-8-11-31(2)12-9-17)21-18(7-10-28-22(21)32)13-20(27)29-14-23(24,25)26/h3-7,10,13,17,29-30H,1,8-9,11-12,14,27H2,2H3,(H,28,32)/b20-13+. The van der Waals surface area contributed by atoms with Gasteiger partial charge in [0.25, 0.3) is 5.56 Å². The maximum absolute atomic E-state index is 12.4. The first-order chi connectivity index (χ1) is 15.1. The van der Waals surface area contributed by atoms with E-state index >= 15 is 0 Å². The predicted molar refractivity (Wildman–Crippen MR) is 122 cm³/mol. The zero-order chi connectivity index (χ0) is 23.3. The number of nitrogens with zero attached hydrogens (tertiary/aromatic N) is 1. The van der Waals surface area contributed by atoms with Crippen LogP contribution in [0.4, 0.5) is 18.9 Å². The summed E-state index contributed by atoms with van der Waals surface area (Å²) in [5.74, 6) is 0.328. The van der Waals surface area contributed by atoms with Gasteiger partial charge in [0.05, 0.1) is 11.4 Å². The van der Waals surface area contributed by atoms with Crippen LogP contribution in [0.25, 0.3) is 11.8 Å². The second kappa shape index (κ2) is 9.95. The van der Waals surface area contributed by atoms with Crippen molar-refractivity contribution in [3.63, 3.8) is 0 Å². The molecule has 1 saturated heterocycles. The molecule has 0 amide bonds. The third-order valence-electron chi connectivity index (χ3n) is 5.49. The fraction of sp³-hybridized carbons (Fsp3) is 0.348. The topological polar surface area (TPSA) is 86.2 Å². The molecule has 0 unspecified atom stereocenters. The minimum Gasteiger partial charge on any atom is -0.386 e. The molecule has 1 aromatic carbocycles. The predicted octanol–water partition coefficient (Wildman–Crippen LogP) is 3.68. The number of alkyl halides is 3. The number of piperidine rings is 1. The van der Waals surface area contributed by atoms with Crippen molar-refractivity contribution in [1.82, 2.24) is 15.2 Å². The van der Waals surface area contributed by atoms with Crippen LogP contribution in [0.1, 0.15) is 35.4 Å². The monoisotopic (exact) mass is 447 g/mol. The highest BCUT2D eigenvalue weighted by atomic mass is 19.4. The molecule has 0 radical (unpaired) electrons. The van der Waals surface area contributed by atoms with Crippen LogP contribution in [0.5, 0.6) is 0 Å². The van der Waals surface area contributed by atoms with Crippen molar-refractivity contribution in [2.24, 2.45) is 5.73 Å². The maximum Gasteiger partial charge on any atom is 0.405 e. The average Bonchev–Trinajstić information content (AvgIpc) is 2.73. The normalized spacial score (nSPS) is 16.1. The molecular formula is C23H28F3N5O. The van der Waals surface area contributed by atoms with Crippen LogP contribution in [0.15, 0.2) is 53.7 Å². The molecule has 172 valence electrons. The number of pyridine rings is 1. The SMILES string of the molecule is C=C(Nc1ccc(C2CCN(C)CC2)cc1)c1c(/C=C(\N)NCC(F)(F)F)cc[nH]c1=O. The summed E-state index contributed by atoms with van der Waals surface area (Å²) in [7, 11) is 2.13. The lowest BCUT2D eigenvalue weighted by Gasteiger charge is -2.29. The van der Waals surface area contributed by atoms with Crippen molar-refractivity contribution in [2.45, 2.75) is 24.9 Å². The van der Waals surface area contributed by atoms with Gasteiger partial charge in [0.2, 0.25) is 0 Å². The van der Waals surface area contributed by atoms with Gasteiger partial charge in [-0.3, -0.25) is 4.79 Å². The Hall–Kier alpha value is -3.20. The highest BCUT2D eigenvalue weighted by molar-refractivity contribution is 5.80. The number of anilines is 1. The van der Waals surface area contributed by atoms with E-state index in [2.05, 4.69) is 46.3 Å². The summed E-state index contributed by atoms with van der Waals surface area (Å²) in [5, 5.41) is 5.21. The van der Waals surface area contributed by atoms with E-state index in [1.807, 2.05) is 12.1 Å². The maximum atomic E-state index is 12.4. The largest absolute Gasteiger partial charge is 0.405 e. The molecular weight excluding hydrogens is 419 g/mol. The Balaban J connectivity index is 1.73. The highest BCUT2D eigenvalue weighted by Gasteiger charge is 2.26. The minimum atomic E-state index is -4.40. The van der Waals surface area contributed by atoms with Gasteiger partial charge in [-0.05, 0) is 74.3 Å². The number of H-pyrrole nitrogens is 1. The average molecular weight is 448 g/mol. The summed E-state index contributed by atoms with van der Waals surface area (Å²) in [6.45, 7) is 4.84. The number of likely N-dealkylation sites (tertiary alicyclic amines) is 1. The summed E-state index contributed by atoms with van der Waals surface area (Å²) >= 11 is 0. The quantitative estimate of drug-likeness (QED) is 0.520. The number of hydrogen-bond donors (Lipinski definition) is 4. The number of aromatic amines is 1. The van der Waals surface area contributed by atoms with Gasteiger partial charge in [-0.2, -0.15) is 13.2 Å². The molecule has 0 bridgehead atoms. The van der Waals surface area contributed by atoms with E-state index in [-0.39, 0.29) is 11.4 Å². The summed E-state index contributed by atoms with van der Waals surface area (Å²) in [4.78, 5) is 17.3.